The fourth-order valence-corrected chi connectivity index (χ4v) is 1.77. The first-order valence-corrected chi connectivity index (χ1v) is 6.39. The standard InChI is InChI=1S/C14H24N2O3/c1-10(2)19-9-12(16-15)7-11-5-6-13(17-3)14(8-11)18-4/h5-6,8,10,12,16H,7,9,15H2,1-4H3. The molecule has 0 bridgehead atoms. The summed E-state index contributed by atoms with van der Waals surface area (Å²) in [5, 5.41) is 0. The molecule has 0 aliphatic carbocycles. The second-order valence-electron chi connectivity index (χ2n) is 4.64. The van der Waals surface area contributed by atoms with Crippen molar-refractivity contribution in [1.29, 1.82) is 0 Å². The van der Waals surface area contributed by atoms with E-state index in [1.807, 2.05) is 32.0 Å². The van der Waals surface area contributed by atoms with E-state index in [0.29, 0.717) is 6.61 Å². The summed E-state index contributed by atoms with van der Waals surface area (Å²) in [7, 11) is 3.25. The molecular formula is C14H24N2O3. The zero-order chi connectivity index (χ0) is 14.3. The van der Waals surface area contributed by atoms with Crippen LogP contribution < -0.4 is 20.7 Å². The predicted octanol–water partition coefficient (Wildman–Crippen LogP) is 1.50. The molecule has 0 heterocycles. The number of benzene rings is 1. The Bertz CT molecular complexity index is 383. The van der Waals surface area contributed by atoms with Crippen LogP contribution in [-0.2, 0) is 11.2 Å². The van der Waals surface area contributed by atoms with Gasteiger partial charge in [0.25, 0.3) is 0 Å². The topological polar surface area (TPSA) is 65.7 Å². The van der Waals surface area contributed by atoms with E-state index in [9.17, 15) is 0 Å². The van der Waals surface area contributed by atoms with Gasteiger partial charge in [0, 0.05) is 6.04 Å². The van der Waals surface area contributed by atoms with Crippen molar-refractivity contribution in [2.75, 3.05) is 20.8 Å². The highest BCUT2D eigenvalue weighted by atomic mass is 16.5. The lowest BCUT2D eigenvalue weighted by Gasteiger charge is -2.18. The van der Waals surface area contributed by atoms with Crippen molar-refractivity contribution in [2.24, 2.45) is 5.84 Å². The minimum absolute atomic E-state index is 0.0699. The molecule has 19 heavy (non-hydrogen) atoms. The Kier molecular flexibility index (Phi) is 6.62. The summed E-state index contributed by atoms with van der Waals surface area (Å²) < 4.78 is 16.1. The molecule has 108 valence electrons. The zero-order valence-electron chi connectivity index (χ0n) is 12.1. The van der Waals surface area contributed by atoms with Crippen LogP contribution in [0.4, 0.5) is 0 Å². The number of methoxy groups -OCH3 is 2. The summed E-state index contributed by atoms with van der Waals surface area (Å²) >= 11 is 0. The van der Waals surface area contributed by atoms with Gasteiger partial charge in [0.15, 0.2) is 11.5 Å². The van der Waals surface area contributed by atoms with Gasteiger partial charge < -0.3 is 14.2 Å². The summed E-state index contributed by atoms with van der Waals surface area (Å²) in [5.74, 6) is 6.99. The quantitative estimate of drug-likeness (QED) is 0.552. The number of nitrogens with two attached hydrogens (primary N) is 1. The van der Waals surface area contributed by atoms with Crippen LogP contribution in [-0.4, -0.2) is 33.0 Å². The van der Waals surface area contributed by atoms with Crippen LogP contribution in [0.2, 0.25) is 0 Å². The largest absolute Gasteiger partial charge is 0.493 e. The molecule has 5 heteroatoms. The highest BCUT2D eigenvalue weighted by Crippen LogP contribution is 2.27. The van der Waals surface area contributed by atoms with Crippen molar-refractivity contribution in [3.63, 3.8) is 0 Å². The molecule has 0 saturated heterocycles. The molecule has 0 amide bonds. The number of hydrazine groups is 1. The fourth-order valence-electron chi connectivity index (χ4n) is 1.77. The third-order valence-corrected chi connectivity index (χ3v) is 2.80. The normalized spacial score (nSPS) is 12.5. The van der Waals surface area contributed by atoms with Gasteiger partial charge in [-0.05, 0) is 38.0 Å². The van der Waals surface area contributed by atoms with E-state index < -0.39 is 0 Å². The highest BCUT2D eigenvalue weighted by Gasteiger charge is 2.11. The van der Waals surface area contributed by atoms with Crippen molar-refractivity contribution in [2.45, 2.75) is 32.4 Å². The molecule has 1 unspecified atom stereocenters. The molecule has 0 aliphatic heterocycles. The molecule has 0 saturated carbocycles. The average molecular weight is 268 g/mol. The van der Waals surface area contributed by atoms with Gasteiger partial charge in [0.2, 0.25) is 0 Å². The van der Waals surface area contributed by atoms with Crippen molar-refractivity contribution in [3.05, 3.63) is 23.8 Å². The molecule has 0 radical (unpaired) electrons. The van der Waals surface area contributed by atoms with Crippen LogP contribution in [0.3, 0.4) is 0 Å². The third-order valence-electron chi connectivity index (χ3n) is 2.80. The van der Waals surface area contributed by atoms with Gasteiger partial charge in [-0.25, -0.2) is 0 Å². The van der Waals surface area contributed by atoms with Crippen LogP contribution in [0.1, 0.15) is 19.4 Å². The van der Waals surface area contributed by atoms with Crippen LogP contribution in [0.15, 0.2) is 18.2 Å². The molecule has 1 rings (SSSR count). The first-order chi connectivity index (χ1) is 9.10. The van der Waals surface area contributed by atoms with Gasteiger partial charge in [-0.1, -0.05) is 6.07 Å². The van der Waals surface area contributed by atoms with E-state index in [1.165, 1.54) is 0 Å². The number of rotatable bonds is 8. The minimum Gasteiger partial charge on any atom is -0.493 e. The summed E-state index contributed by atoms with van der Waals surface area (Å²) in [6, 6.07) is 5.92. The fraction of sp³-hybridized carbons (Fsp3) is 0.571. The Morgan fingerprint density at radius 1 is 1.16 bits per heavy atom. The van der Waals surface area contributed by atoms with E-state index in [4.69, 9.17) is 20.1 Å². The summed E-state index contributed by atoms with van der Waals surface area (Å²) in [5.41, 5.74) is 3.89. The van der Waals surface area contributed by atoms with Gasteiger partial charge in [-0.3, -0.25) is 11.3 Å². The van der Waals surface area contributed by atoms with Gasteiger partial charge in [0.05, 0.1) is 26.9 Å². The molecular weight excluding hydrogens is 244 g/mol. The third kappa shape index (κ3) is 5.06. The maximum atomic E-state index is 5.57. The number of nitrogens with one attached hydrogen (secondary N) is 1. The lowest BCUT2D eigenvalue weighted by Crippen LogP contribution is -2.40. The zero-order valence-corrected chi connectivity index (χ0v) is 12.1. The lowest BCUT2D eigenvalue weighted by atomic mass is 10.1. The summed E-state index contributed by atoms with van der Waals surface area (Å²) in [4.78, 5) is 0. The monoisotopic (exact) mass is 268 g/mol. The molecule has 0 spiro atoms. The van der Waals surface area contributed by atoms with Crippen molar-refractivity contribution in [3.8, 4) is 11.5 Å². The first-order valence-electron chi connectivity index (χ1n) is 6.39. The Balaban J connectivity index is 2.68. The van der Waals surface area contributed by atoms with Gasteiger partial charge >= 0.3 is 0 Å². The highest BCUT2D eigenvalue weighted by molar-refractivity contribution is 5.43. The molecule has 0 aliphatic rings. The van der Waals surface area contributed by atoms with E-state index in [2.05, 4.69) is 5.43 Å². The number of hydrogen-bond donors (Lipinski definition) is 2. The molecule has 1 aromatic rings. The van der Waals surface area contributed by atoms with Crippen LogP contribution >= 0.6 is 0 Å². The summed E-state index contributed by atoms with van der Waals surface area (Å²) in [6.07, 6.45) is 0.963. The van der Waals surface area contributed by atoms with E-state index >= 15 is 0 Å². The first kappa shape index (κ1) is 15.8. The average Bonchev–Trinajstić information content (AvgIpc) is 2.42. The lowest BCUT2D eigenvalue weighted by molar-refractivity contribution is 0.0613. The van der Waals surface area contributed by atoms with Gasteiger partial charge in [-0.15, -0.1) is 0 Å². The van der Waals surface area contributed by atoms with Crippen LogP contribution in [0.5, 0.6) is 11.5 Å². The van der Waals surface area contributed by atoms with Crippen molar-refractivity contribution in [1.82, 2.24) is 5.43 Å². The van der Waals surface area contributed by atoms with Gasteiger partial charge in [-0.2, -0.15) is 0 Å². The van der Waals surface area contributed by atoms with E-state index in [-0.39, 0.29) is 12.1 Å². The molecule has 0 fully saturated rings. The predicted molar refractivity (Wildman–Crippen MR) is 75.4 cm³/mol. The maximum absolute atomic E-state index is 5.57. The minimum atomic E-state index is 0.0699. The molecule has 0 aromatic heterocycles. The van der Waals surface area contributed by atoms with E-state index in [1.54, 1.807) is 14.2 Å². The smallest absolute Gasteiger partial charge is 0.160 e. The summed E-state index contributed by atoms with van der Waals surface area (Å²) in [6.45, 7) is 4.58. The van der Waals surface area contributed by atoms with E-state index in [0.717, 1.165) is 23.5 Å². The van der Waals surface area contributed by atoms with Crippen LogP contribution in [0.25, 0.3) is 0 Å². The Labute approximate surface area is 115 Å². The molecule has 3 N–H and O–H groups in total. The Morgan fingerprint density at radius 2 is 1.84 bits per heavy atom. The SMILES string of the molecule is COc1ccc(CC(COC(C)C)NN)cc1OC. The molecule has 1 aromatic carbocycles. The van der Waals surface area contributed by atoms with Crippen molar-refractivity contribution >= 4 is 0 Å². The second-order valence-corrected chi connectivity index (χ2v) is 4.64. The van der Waals surface area contributed by atoms with Crippen LogP contribution in [0, 0.1) is 0 Å². The number of hydrogen-bond acceptors (Lipinski definition) is 5. The van der Waals surface area contributed by atoms with Crippen molar-refractivity contribution < 1.29 is 14.2 Å². The Morgan fingerprint density at radius 3 is 2.37 bits per heavy atom. The molecule has 1 atom stereocenters. The molecule has 5 nitrogen and oxygen atoms in total. The maximum Gasteiger partial charge on any atom is 0.160 e. The Hall–Kier alpha value is -1.30. The second kappa shape index (κ2) is 7.99. The van der Waals surface area contributed by atoms with Gasteiger partial charge in [0.1, 0.15) is 0 Å². The number of ether oxygens (including phenoxy) is 3.